The molecule has 2 nitrogen and oxygen atoms in total. The van der Waals surface area contributed by atoms with E-state index < -0.39 is 0 Å². The summed E-state index contributed by atoms with van der Waals surface area (Å²) in [6.45, 7) is 6.37. The van der Waals surface area contributed by atoms with Gasteiger partial charge in [0.2, 0.25) is 0 Å². The van der Waals surface area contributed by atoms with Crippen molar-refractivity contribution in [3.63, 3.8) is 0 Å². The summed E-state index contributed by atoms with van der Waals surface area (Å²) in [6, 6.07) is 8.16. The van der Waals surface area contributed by atoms with Gasteiger partial charge >= 0.3 is 0 Å². The second-order valence-corrected chi connectivity index (χ2v) is 4.27. The Balaban J connectivity index is 2.78. The number of benzene rings is 1. The lowest BCUT2D eigenvalue weighted by Gasteiger charge is -2.19. The van der Waals surface area contributed by atoms with Crippen LogP contribution in [0.4, 0.5) is 0 Å². The summed E-state index contributed by atoms with van der Waals surface area (Å²) in [5.41, 5.74) is 7.18. The number of hydrogen-bond donors (Lipinski definition) is 1. The zero-order valence-electron chi connectivity index (χ0n) is 10.6. The lowest BCUT2D eigenvalue weighted by molar-refractivity contribution is 0.207. The molecule has 0 heterocycles. The predicted molar refractivity (Wildman–Crippen MR) is 68.7 cm³/mol. The zero-order valence-corrected chi connectivity index (χ0v) is 10.6. The standard InChI is InChI=1S/C14H23NO/c1-4-8-11(3)16-14-10-7-6-9-12(14)13(15)5-2/h6-7,9-11,13H,4-5,8,15H2,1-3H3. The van der Waals surface area contributed by atoms with E-state index in [0.29, 0.717) is 0 Å². The quantitative estimate of drug-likeness (QED) is 0.795. The van der Waals surface area contributed by atoms with Crippen LogP contribution in [0.5, 0.6) is 5.75 Å². The van der Waals surface area contributed by atoms with E-state index in [-0.39, 0.29) is 12.1 Å². The molecule has 1 rings (SSSR count). The van der Waals surface area contributed by atoms with Crippen molar-refractivity contribution < 1.29 is 4.74 Å². The Bertz CT molecular complexity index is 311. The SMILES string of the molecule is CCCC(C)Oc1ccccc1C(N)CC. The molecule has 1 aromatic rings. The molecule has 0 aliphatic heterocycles. The van der Waals surface area contributed by atoms with Crippen molar-refractivity contribution in [1.29, 1.82) is 0 Å². The van der Waals surface area contributed by atoms with Crippen LogP contribution in [0.2, 0.25) is 0 Å². The van der Waals surface area contributed by atoms with Crippen LogP contribution < -0.4 is 10.5 Å². The molecule has 0 saturated carbocycles. The molecule has 0 bridgehead atoms. The first kappa shape index (κ1) is 13.0. The highest BCUT2D eigenvalue weighted by molar-refractivity contribution is 5.35. The summed E-state index contributed by atoms with van der Waals surface area (Å²) >= 11 is 0. The molecule has 0 aromatic heterocycles. The average molecular weight is 221 g/mol. The van der Waals surface area contributed by atoms with Crippen LogP contribution >= 0.6 is 0 Å². The monoisotopic (exact) mass is 221 g/mol. The Kier molecular flexibility index (Phi) is 5.33. The molecule has 2 atom stereocenters. The first-order valence-electron chi connectivity index (χ1n) is 6.20. The third-order valence-corrected chi connectivity index (χ3v) is 2.78. The lowest BCUT2D eigenvalue weighted by Crippen LogP contribution is -2.15. The third-order valence-electron chi connectivity index (χ3n) is 2.78. The largest absolute Gasteiger partial charge is 0.490 e. The van der Waals surface area contributed by atoms with Crippen molar-refractivity contribution >= 4 is 0 Å². The molecule has 90 valence electrons. The molecule has 2 unspecified atom stereocenters. The summed E-state index contributed by atoms with van der Waals surface area (Å²) < 4.78 is 5.93. The molecular weight excluding hydrogens is 198 g/mol. The molecule has 0 aliphatic carbocycles. The Labute approximate surface area is 98.8 Å². The van der Waals surface area contributed by atoms with E-state index in [0.717, 1.165) is 30.6 Å². The number of hydrogen-bond acceptors (Lipinski definition) is 2. The summed E-state index contributed by atoms with van der Waals surface area (Å²) in [5.74, 6) is 0.942. The smallest absolute Gasteiger partial charge is 0.124 e. The van der Waals surface area contributed by atoms with Gasteiger partial charge in [0, 0.05) is 11.6 Å². The van der Waals surface area contributed by atoms with E-state index in [2.05, 4.69) is 26.8 Å². The van der Waals surface area contributed by atoms with Gasteiger partial charge in [0.25, 0.3) is 0 Å². The predicted octanol–water partition coefficient (Wildman–Crippen LogP) is 3.66. The molecule has 0 fully saturated rings. The Morgan fingerprint density at radius 2 is 1.94 bits per heavy atom. The van der Waals surface area contributed by atoms with Gasteiger partial charge < -0.3 is 10.5 Å². The van der Waals surface area contributed by atoms with Crippen molar-refractivity contribution in [3.8, 4) is 5.75 Å². The fraction of sp³-hybridized carbons (Fsp3) is 0.571. The van der Waals surface area contributed by atoms with Crippen LogP contribution in [0, 0.1) is 0 Å². The second kappa shape index (κ2) is 6.54. The molecule has 0 saturated heterocycles. The van der Waals surface area contributed by atoms with Crippen LogP contribution in [0.1, 0.15) is 51.6 Å². The van der Waals surface area contributed by atoms with E-state index in [1.54, 1.807) is 0 Å². The molecule has 2 heteroatoms. The van der Waals surface area contributed by atoms with Crippen LogP contribution in [-0.2, 0) is 0 Å². The maximum Gasteiger partial charge on any atom is 0.124 e. The number of ether oxygens (including phenoxy) is 1. The van der Waals surface area contributed by atoms with E-state index >= 15 is 0 Å². The highest BCUT2D eigenvalue weighted by Gasteiger charge is 2.11. The highest BCUT2D eigenvalue weighted by Crippen LogP contribution is 2.26. The Morgan fingerprint density at radius 3 is 2.56 bits per heavy atom. The van der Waals surface area contributed by atoms with E-state index in [9.17, 15) is 0 Å². The van der Waals surface area contributed by atoms with Gasteiger partial charge in [0.15, 0.2) is 0 Å². The molecule has 0 amide bonds. The fourth-order valence-electron chi connectivity index (χ4n) is 1.80. The van der Waals surface area contributed by atoms with Crippen LogP contribution in [0.3, 0.4) is 0 Å². The number of para-hydroxylation sites is 1. The first-order chi connectivity index (χ1) is 7.69. The van der Waals surface area contributed by atoms with Gasteiger partial charge in [0.05, 0.1) is 6.10 Å². The van der Waals surface area contributed by atoms with Crippen LogP contribution in [0.25, 0.3) is 0 Å². The lowest BCUT2D eigenvalue weighted by atomic mass is 10.0. The summed E-state index contributed by atoms with van der Waals surface area (Å²) in [7, 11) is 0. The van der Waals surface area contributed by atoms with E-state index in [1.807, 2.05) is 18.2 Å². The van der Waals surface area contributed by atoms with Gasteiger partial charge in [-0.25, -0.2) is 0 Å². The van der Waals surface area contributed by atoms with Crippen molar-refractivity contribution in [1.82, 2.24) is 0 Å². The van der Waals surface area contributed by atoms with E-state index in [4.69, 9.17) is 10.5 Å². The minimum Gasteiger partial charge on any atom is -0.490 e. The molecule has 0 spiro atoms. The number of rotatable bonds is 6. The normalized spacial score (nSPS) is 14.5. The van der Waals surface area contributed by atoms with Gasteiger partial charge in [-0.05, 0) is 25.8 Å². The zero-order chi connectivity index (χ0) is 12.0. The summed E-state index contributed by atoms with van der Waals surface area (Å²) in [6.07, 6.45) is 3.41. The second-order valence-electron chi connectivity index (χ2n) is 4.27. The van der Waals surface area contributed by atoms with Gasteiger partial charge in [-0.3, -0.25) is 0 Å². The Hall–Kier alpha value is -1.02. The fourth-order valence-corrected chi connectivity index (χ4v) is 1.80. The Morgan fingerprint density at radius 1 is 1.25 bits per heavy atom. The highest BCUT2D eigenvalue weighted by atomic mass is 16.5. The van der Waals surface area contributed by atoms with Crippen molar-refractivity contribution in [2.45, 2.75) is 52.2 Å². The minimum absolute atomic E-state index is 0.0741. The van der Waals surface area contributed by atoms with Gasteiger partial charge in [-0.1, -0.05) is 38.5 Å². The summed E-state index contributed by atoms with van der Waals surface area (Å²) in [4.78, 5) is 0. The number of nitrogens with two attached hydrogens (primary N) is 1. The third kappa shape index (κ3) is 3.53. The van der Waals surface area contributed by atoms with E-state index in [1.165, 1.54) is 0 Å². The maximum absolute atomic E-state index is 6.06. The van der Waals surface area contributed by atoms with Gasteiger partial charge in [-0.15, -0.1) is 0 Å². The molecule has 16 heavy (non-hydrogen) atoms. The van der Waals surface area contributed by atoms with Crippen LogP contribution in [-0.4, -0.2) is 6.10 Å². The molecular formula is C14H23NO. The molecule has 0 radical (unpaired) electrons. The van der Waals surface area contributed by atoms with Gasteiger partial charge in [0.1, 0.15) is 5.75 Å². The topological polar surface area (TPSA) is 35.2 Å². The maximum atomic E-state index is 6.06. The molecule has 1 aromatic carbocycles. The average Bonchev–Trinajstić information content (AvgIpc) is 2.29. The minimum atomic E-state index is 0.0741. The van der Waals surface area contributed by atoms with Crippen molar-refractivity contribution in [3.05, 3.63) is 29.8 Å². The van der Waals surface area contributed by atoms with Gasteiger partial charge in [-0.2, -0.15) is 0 Å². The van der Waals surface area contributed by atoms with Crippen molar-refractivity contribution in [2.75, 3.05) is 0 Å². The molecule has 2 N–H and O–H groups in total. The van der Waals surface area contributed by atoms with Crippen molar-refractivity contribution in [2.24, 2.45) is 5.73 Å². The summed E-state index contributed by atoms with van der Waals surface area (Å²) in [5, 5.41) is 0. The molecule has 0 aliphatic rings. The first-order valence-corrected chi connectivity index (χ1v) is 6.20. The van der Waals surface area contributed by atoms with Crippen LogP contribution in [0.15, 0.2) is 24.3 Å².